The number of carbonyl (C=O) groups excluding carboxylic acids is 1. The average Bonchev–Trinajstić information content (AvgIpc) is 3.38. The molecule has 1 amide bonds. The fraction of sp³-hybridized carbons (Fsp3) is 0.0526. The second-order valence-electron chi connectivity index (χ2n) is 5.63. The maximum Gasteiger partial charge on any atom is 0.276 e. The van der Waals surface area contributed by atoms with Gasteiger partial charge >= 0.3 is 0 Å². The molecule has 0 spiro atoms. The summed E-state index contributed by atoms with van der Waals surface area (Å²) in [5.41, 5.74) is 1.34. The maximum atomic E-state index is 13.9. The number of hydrogen-bond acceptors (Lipinski definition) is 7. The highest BCUT2D eigenvalue weighted by atomic mass is 32.1. The summed E-state index contributed by atoms with van der Waals surface area (Å²) in [4.78, 5) is 21.0. The third kappa shape index (κ3) is 3.75. The Bertz CT molecular complexity index is 1140. The lowest BCUT2D eigenvalue weighted by molar-refractivity contribution is 0.102. The smallest absolute Gasteiger partial charge is 0.276 e. The number of amides is 1. The summed E-state index contributed by atoms with van der Waals surface area (Å²) in [5.74, 6) is 0.383. The molecule has 0 atom stereocenters. The second kappa shape index (κ2) is 7.83. The molecule has 0 radical (unpaired) electrons. The summed E-state index contributed by atoms with van der Waals surface area (Å²) in [6.07, 6.45) is 0. The minimum absolute atomic E-state index is 0.196. The molecule has 0 unspecified atom stereocenters. The van der Waals surface area contributed by atoms with Gasteiger partial charge in [0.15, 0.2) is 5.82 Å². The second-order valence-corrected chi connectivity index (χ2v) is 7.24. The van der Waals surface area contributed by atoms with E-state index in [-0.39, 0.29) is 11.5 Å². The van der Waals surface area contributed by atoms with Gasteiger partial charge in [-0.1, -0.05) is 24.3 Å². The highest BCUT2D eigenvalue weighted by molar-refractivity contribution is 7.13. The van der Waals surface area contributed by atoms with E-state index in [0.29, 0.717) is 27.3 Å². The highest BCUT2D eigenvalue weighted by Gasteiger charge is 2.16. The summed E-state index contributed by atoms with van der Waals surface area (Å²) in [6, 6.07) is 13.7. The molecule has 28 heavy (non-hydrogen) atoms. The molecule has 140 valence electrons. The molecule has 0 aliphatic rings. The Hall–Kier alpha value is -3.17. The Morgan fingerprint density at radius 3 is 2.82 bits per heavy atom. The van der Waals surface area contributed by atoms with Gasteiger partial charge in [-0.25, -0.2) is 9.37 Å². The summed E-state index contributed by atoms with van der Waals surface area (Å²) < 4.78 is 23.4. The predicted octanol–water partition coefficient (Wildman–Crippen LogP) is 4.73. The highest BCUT2D eigenvalue weighted by Crippen LogP contribution is 2.27. The third-order valence-electron chi connectivity index (χ3n) is 3.82. The molecule has 0 fully saturated rings. The normalized spacial score (nSPS) is 10.6. The first kappa shape index (κ1) is 18.2. The van der Waals surface area contributed by atoms with Gasteiger partial charge in [-0.05, 0) is 24.3 Å². The quantitative estimate of drug-likeness (QED) is 0.513. The molecule has 2 heterocycles. The van der Waals surface area contributed by atoms with Crippen LogP contribution in [0.2, 0.25) is 0 Å². The minimum atomic E-state index is -0.424. The van der Waals surface area contributed by atoms with E-state index in [2.05, 4.69) is 19.7 Å². The fourth-order valence-corrected chi connectivity index (χ4v) is 3.86. The molecule has 0 saturated heterocycles. The maximum absolute atomic E-state index is 13.9. The van der Waals surface area contributed by atoms with Crippen molar-refractivity contribution in [2.75, 3.05) is 12.4 Å². The summed E-state index contributed by atoms with van der Waals surface area (Å²) in [5, 5.41) is 5.06. The Morgan fingerprint density at radius 2 is 2.00 bits per heavy atom. The number of nitrogens with zero attached hydrogens (tertiary/aromatic N) is 3. The van der Waals surface area contributed by atoms with Crippen LogP contribution < -0.4 is 10.1 Å². The van der Waals surface area contributed by atoms with E-state index in [1.807, 2.05) is 24.3 Å². The van der Waals surface area contributed by atoms with E-state index in [4.69, 9.17) is 4.74 Å². The Labute approximate surface area is 167 Å². The molecule has 0 aliphatic heterocycles. The number of anilines is 1. The van der Waals surface area contributed by atoms with Crippen LogP contribution in [-0.2, 0) is 0 Å². The van der Waals surface area contributed by atoms with Crippen molar-refractivity contribution in [3.8, 4) is 27.7 Å². The van der Waals surface area contributed by atoms with Gasteiger partial charge in [0.05, 0.1) is 7.11 Å². The number of methoxy groups -OCH3 is 1. The number of carbonyl (C=O) groups is 1. The van der Waals surface area contributed by atoms with Crippen molar-refractivity contribution in [3.05, 3.63) is 65.4 Å². The molecule has 1 N–H and O–H groups in total. The lowest BCUT2D eigenvalue weighted by atomic mass is 10.2. The van der Waals surface area contributed by atoms with Gasteiger partial charge in [0.1, 0.15) is 22.3 Å². The largest absolute Gasteiger partial charge is 0.497 e. The zero-order chi connectivity index (χ0) is 19.5. The molecule has 0 bridgehead atoms. The average molecular weight is 412 g/mol. The van der Waals surface area contributed by atoms with E-state index >= 15 is 0 Å². The molecule has 0 aliphatic carbocycles. The van der Waals surface area contributed by atoms with Crippen LogP contribution >= 0.6 is 22.9 Å². The standard InChI is InChI=1S/C19H13FN4O2S2/c1-26-12-6-4-5-11(9-12)16-22-19(28-24-16)23-17(25)15-10-27-18(21-15)13-7-2-3-8-14(13)20/h2-10H,1H3,(H,22,23,24,25). The molecular weight excluding hydrogens is 399 g/mol. The number of halogens is 1. The van der Waals surface area contributed by atoms with Gasteiger partial charge in [-0.15, -0.1) is 11.3 Å². The number of nitrogens with one attached hydrogen (secondary N) is 1. The van der Waals surface area contributed by atoms with Gasteiger partial charge < -0.3 is 4.74 Å². The molecule has 4 rings (SSSR count). The summed E-state index contributed by atoms with van der Waals surface area (Å²) in [6.45, 7) is 0. The monoisotopic (exact) mass is 412 g/mol. The lowest BCUT2D eigenvalue weighted by Crippen LogP contribution is -2.12. The number of rotatable bonds is 5. The van der Waals surface area contributed by atoms with E-state index in [1.54, 1.807) is 30.7 Å². The fourth-order valence-electron chi connectivity index (χ4n) is 2.45. The number of thiazole rings is 1. The van der Waals surface area contributed by atoms with Crippen molar-refractivity contribution in [1.82, 2.24) is 14.3 Å². The molecular formula is C19H13FN4O2S2. The molecule has 9 heteroatoms. The number of hydrogen-bond donors (Lipinski definition) is 1. The minimum Gasteiger partial charge on any atom is -0.497 e. The Morgan fingerprint density at radius 1 is 1.14 bits per heavy atom. The number of aromatic nitrogens is 3. The first-order valence-electron chi connectivity index (χ1n) is 8.14. The van der Waals surface area contributed by atoms with Crippen molar-refractivity contribution in [2.45, 2.75) is 0 Å². The van der Waals surface area contributed by atoms with Gasteiger partial charge in [0.25, 0.3) is 5.91 Å². The van der Waals surface area contributed by atoms with Crippen LogP contribution in [0.4, 0.5) is 9.52 Å². The SMILES string of the molecule is COc1cccc(-c2nsc(NC(=O)c3csc(-c4ccccc4F)n3)n2)c1. The lowest BCUT2D eigenvalue weighted by Gasteiger charge is -2.00. The molecule has 0 saturated carbocycles. The van der Waals surface area contributed by atoms with Gasteiger partial charge in [0, 0.05) is 28.0 Å². The summed E-state index contributed by atoms with van der Waals surface area (Å²) in [7, 11) is 1.59. The van der Waals surface area contributed by atoms with Crippen LogP contribution in [0.15, 0.2) is 53.9 Å². The van der Waals surface area contributed by atoms with Crippen molar-refractivity contribution in [1.29, 1.82) is 0 Å². The van der Waals surface area contributed by atoms with Crippen LogP contribution in [-0.4, -0.2) is 27.4 Å². The van der Waals surface area contributed by atoms with E-state index in [9.17, 15) is 9.18 Å². The number of ether oxygens (including phenoxy) is 1. The van der Waals surface area contributed by atoms with Crippen molar-refractivity contribution in [3.63, 3.8) is 0 Å². The molecule has 2 aromatic heterocycles. The molecule has 2 aromatic carbocycles. The van der Waals surface area contributed by atoms with Crippen molar-refractivity contribution in [2.24, 2.45) is 0 Å². The zero-order valence-corrected chi connectivity index (χ0v) is 16.2. The van der Waals surface area contributed by atoms with E-state index in [1.165, 1.54) is 17.4 Å². The first-order valence-corrected chi connectivity index (χ1v) is 9.79. The van der Waals surface area contributed by atoms with Crippen molar-refractivity contribution < 1.29 is 13.9 Å². The first-order chi connectivity index (χ1) is 13.6. The Balaban J connectivity index is 1.50. The molecule has 4 aromatic rings. The summed E-state index contributed by atoms with van der Waals surface area (Å²) >= 11 is 2.27. The van der Waals surface area contributed by atoms with Crippen LogP contribution in [0.5, 0.6) is 5.75 Å². The predicted molar refractivity (Wildman–Crippen MR) is 107 cm³/mol. The topological polar surface area (TPSA) is 77.0 Å². The molecule has 6 nitrogen and oxygen atoms in total. The van der Waals surface area contributed by atoms with Gasteiger partial charge in [0.2, 0.25) is 5.13 Å². The van der Waals surface area contributed by atoms with Crippen LogP contribution in [0.1, 0.15) is 10.5 Å². The van der Waals surface area contributed by atoms with Crippen LogP contribution in [0.25, 0.3) is 22.0 Å². The van der Waals surface area contributed by atoms with Crippen LogP contribution in [0.3, 0.4) is 0 Å². The zero-order valence-electron chi connectivity index (χ0n) is 14.5. The van der Waals surface area contributed by atoms with Crippen LogP contribution in [0, 0.1) is 5.82 Å². The van der Waals surface area contributed by atoms with Gasteiger partial charge in [-0.2, -0.15) is 9.36 Å². The number of benzene rings is 2. The van der Waals surface area contributed by atoms with Crippen molar-refractivity contribution >= 4 is 33.9 Å². The van der Waals surface area contributed by atoms with E-state index < -0.39 is 5.91 Å². The van der Waals surface area contributed by atoms with E-state index in [0.717, 1.165) is 17.1 Å². The Kier molecular flexibility index (Phi) is 5.09. The third-order valence-corrected chi connectivity index (χ3v) is 5.32. The van der Waals surface area contributed by atoms with Gasteiger partial charge in [-0.3, -0.25) is 10.1 Å².